The molecule has 4 nitrogen and oxygen atoms in total. The molecule has 2 saturated heterocycles. The highest BCUT2D eigenvalue weighted by atomic mass is 16.5. The topological polar surface area (TPSA) is 27.7 Å². The lowest BCUT2D eigenvalue weighted by Gasteiger charge is -2.29. The summed E-state index contributed by atoms with van der Waals surface area (Å²) in [5.41, 5.74) is -0.0000727. The van der Waals surface area contributed by atoms with Gasteiger partial charge in [0.05, 0.1) is 12.2 Å². The second-order valence-corrected chi connectivity index (χ2v) is 6.97. The van der Waals surface area contributed by atoms with Crippen molar-refractivity contribution in [1.29, 1.82) is 0 Å². The maximum atomic E-state index is 5.82. The molecule has 2 rings (SSSR count). The minimum Gasteiger partial charge on any atom is -0.375 e. The van der Waals surface area contributed by atoms with Crippen molar-refractivity contribution in [3.05, 3.63) is 0 Å². The average Bonchev–Trinajstić information content (AvgIpc) is 2.76. The fourth-order valence-electron chi connectivity index (χ4n) is 3.00. The van der Waals surface area contributed by atoms with Crippen molar-refractivity contribution in [1.82, 2.24) is 15.1 Å². The fourth-order valence-corrected chi connectivity index (χ4v) is 3.00. The first-order valence-corrected chi connectivity index (χ1v) is 7.82. The Balaban J connectivity index is 1.60. The zero-order valence-electron chi connectivity index (χ0n) is 13.0. The van der Waals surface area contributed by atoms with Crippen LogP contribution in [0.2, 0.25) is 0 Å². The third kappa shape index (κ3) is 5.78. The van der Waals surface area contributed by atoms with Crippen LogP contribution in [0.3, 0.4) is 0 Å². The van der Waals surface area contributed by atoms with Gasteiger partial charge >= 0.3 is 0 Å². The van der Waals surface area contributed by atoms with E-state index < -0.39 is 0 Å². The first-order chi connectivity index (χ1) is 9.03. The lowest BCUT2D eigenvalue weighted by molar-refractivity contribution is -0.0113. The Labute approximate surface area is 118 Å². The van der Waals surface area contributed by atoms with E-state index in [2.05, 4.69) is 35.9 Å². The molecule has 1 N–H and O–H groups in total. The molecule has 112 valence electrons. The molecule has 0 spiro atoms. The van der Waals surface area contributed by atoms with Crippen molar-refractivity contribution < 1.29 is 4.74 Å². The van der Waals surface area contributed by atoms with Gasteiger partial charge in [0, 0.05) is 45.8 Å². The molecule has 0 aliphatic carbocycles. The van der Waals surface area contributed by atoms with Crippen molar-refractivity contribution in [2.24, 2.45) is 5.92 Å². The van der Waals surface area contributed by atoms with Gasteiger partial charge in [-0.05, 0) is 39.7 Å². The van der Waals surface area contributed by atoms with Gasteiger partial charge in [0.1, 0.15) is 0 Å². The predicted octanol–water partition coefficient (Wildman–Crippen LogP) is 1.03. The van der Waals surface area contributed by atoms with Crippen molar-refractivity contribution in [3.8, 4) is 0 Å². The van der Waals surface area contributed by atoms with Crippen molar-refractivity contribution >= 4 is 0 Å². The maximum Gasteiger partial charge on any atom is 0.0600 e. The Morgan fingerprint density at radius 3 is 2.53 bits per heavy atom. The van der Waals surface area contributed by atoms with Crippen molar-refractivity contribution in [3.63, 3.8) is 0 Å². The van der Waals surface area contributed by atoms with Crippen LogP contribution in [-0.4, -0.2) is 74.4 Å². The van der Waals surface area contributed by atoms with Crippen LogP contribution in [0.15, 0.2) is 0 Å². The van der Waals surface area contributed by atoms with E-state index >= 15 is 0 Å². The highest BCUT2D eigenvalue weighted by Gasteiger charge is 2.25. The van der Waals surface area contributed by atoms with E-state index in [1.165, 1.54) is 39.1 Å². The zero-order chi connectivity index (χ0) is 13.7. The molecule has 2 aliphatic heterocycles. The first-order valence-electron chi connectivity index (χ1n) is 7.82. The van der Waals surface area contributed by atoms with Crippen LogP contribution in [0.1, 0.15) is 27.2 Å². The molecule has 0 aromatic carbocycles. The molecule has 1 atom stereocenters. The molecular formula is C15H31N3O. The molecule has 0 unspecified atom stereocenters. The molecule has 19 heavy (non-hydrogen) atoms. The standard InChI is InChI=1S/C15H31N3O/c1-15(2,3)19-11-10-17-7-4-14(12-17)13-18-8-5-16-6-9-18/h14,16H,4-13H2,1-3H3/t14-/m0/s1. The Morgan fingerprint density at radius 1 is 1.11 bits per heavy atom. The van der Waals surface area contributed by atoms with Crippen LogP contribution in [0.4, 0.5) is 0 Å². The Bertz CT molecular complexity index is 259. The van der Waals surface area contributed by atoms with Gasteiger partial charge in [-0.25, -0.2) is 0 Å². The van der Waals surface area contributed by atoms with Crippen LogP contribution in [0.5, 0.6) is 0 Å². The molecule has 0 aromatic rings. The number of hydrogen-bond donors (Lipinski definition) is 1. The van der Waals surface area contributed by atoms with E-state index in [-0.39, 0.29) is 5.60 Å². The molecule has 0 bridgehead atoms. The summed E-state index contributed by atoms with van der Waals surface area (Å²) >= 11 is 0. The highest BCUT2D eigenvalue weighted by molar-refractivity contribution is 4.80. The van der Waals surface area contributed by atoms with Crippen LogP contribution < -0.4 is 5.32 Å². The summed E-state index contributed by atoms with van der Waals surface area (Å²) in [7, 11) is 0. The van der Waals surface area contributed by atoms with Crippen molar-refractivity contribution in [2.75, 3.05) is 59.0 Å². The smallest absolute Gasteiger partial charge is 0.0600 e. The SMILES string of the molecule is CC(C)(C)OCCN1CC[C@H](CN2CCNCC2)C1. The molecule has 2 aliphatic rings. The Morgan fingerprint density at radius 2 is 1.84 bits per heavy atom. The van der Waals surface area contributed by atoms with Gasteiger partial charge in [-0.1, -0.05) is 0 Å². The van der Waals surface area contributed by atoms with Gasteiger partial charge in [-0.15, -0.1) is 0 Å². The van der Waals surface area contributed by atoms with Gasteiger partial charge in [0.2, 0.25) is 0 Å². The third-order valence-electron chi connectivity index (χ3n) is 4.04. The van der Waals surface area contributed by atoms with Crippen molar-refractivity contribution in [2.45, 2.75) is 32.8 Å². The summed E-state index contributed by atoms with van der Waals surface area (Å²) in [6.45, 7) is 16.9. The van der Waals surface area contributed by atoms with E-state index in [4.69, 9.17) is 4.74 Å². The summed E-state index contributed by atoms with van der Waals surface area (Å²) in [6, 6.07) is 0. The highest BCUT2D eigenvalue weighted by Crippen LogP contribution is 2.18. The van der Waals surface area contributed by atoms with Crippen LogP contribution in [-0.2, 0) is 4.74 Å². The van der Waals surface area contributed by atoms with Crippen LogP contribution in [0, 0.1) is 5.92 Å². The lowest BCUT2D eigenvalue weighted by Crippen LogP contribution is -2.45. The van der Waals surface area contributed by atoms with Gasteiger partial charge in [0.25, 0.3) is 0 Å². The van der Waals surface area contributed by atoms with E-state index in [0.29, 0.717) is 0 Å². The first kappa shape index (κ1) is 15.2. The van der Waals surface area contributed by atoms with Gasteiger partial charge in [0.15, 0.2) is 0 Å². The number of likely N-dealkylation sites (tertiary alicyclic amines) is 1. The molecule has 4 heteroatoms. The van der Waals surface area contributed by atoms with E-state index in [0.717, 1.165) is 32.2 Å². The monoisotopic (exact) mass is 269 g/mol. The minimum absolute atomic E-state index is 0.0000727. The fraction of sp³-hybridized carbons (Fsp3) is 1.00. The predicted molar refractivity (Wildman–Crippen MR) is 79.6 cm³/mol. The van der Waals surface area contributed by atoms with E-state index in [1.54, 1.807) is 0 Å². The molecule has 0 amide bonds. The molecule has 2 heterocycles. The second-order valence-electron chi connectivity index (χ2n) is 6.97. The number of hydrogen-bond acceptors (Lipinski definition) is 4. The largest absolute Gasteiger partial charge is 0.375 e. The number of rotatable bonds is 5. The van der Waals surface area contributed by atoms with Gasteiger partial charge in [-0.3, -0.25) is 0 Å². The van der Waals surface area contributed by atoms with E-state index in [9.17, 15) is 0 Å². The molecule has 0 radical (unpaired) electrons. The maximum absolute atomic E-state index is 5.82. The number of piperazine rings is 1. The summed E-state index contributed by atoms with van der Waals surface area (Å²) in [5.74, 6) is 0.868. The summed E-state index contributed by atoms with van der Waals surface area (Å²) in [4.78, 5) is 5.19. The number of ether oxygens (including phenoxy) is 1. The van der Waals surface area contributed by atoms with E-state index in [1.807, 2.05) is 0 Å². The third-order valence-corrected chi connectivity index (χ3v) is 4.04. The van der Waals surface area contributed by atoms with Crippen LogP contribution >= 0.6 is 0 Å². The second kappa shape index (κ2) is 7.02. The quantitative estimate of drug-likeness (QED) is 0.807. The van der Waals surface area contributed by atoms with Gasteiger partial charge in [-0.2, -0.15) is 0 Å². The summed E-state index contributed by atoms with van der Waals surface area (Å²) in [6.07, 6.45) is 1.36. The number of nitrogens with one attached hydrogen (secondary N) is 1. The molecule has 2 fully saturated rings. The van der Waals surface area contributed by atoms with Crippen LogP contribution in [0.25, 0.3) is 0 Å². The lowest BCUT2D eigenvalue weighted by atomic mass is 10.1. The molecule has 0 saturated carbocycles. The number of nitrogens with zero attached hydrogens (tertiary/aromatic N) is 2. The summed E-state index contributed by atoms with van der Waals surface area (Å²) < 4.78 is 5.82. The Kier molecular flexibility index (Phi) is 5.63. The molecular weight excluding hydrogens is 238 g/mol. The summed E-state index contributed by atoms with van der Waals surface area (Å²) in [5, 5.41) is 3.42. The minimum atomic E-state index is -0.0000727. The zero-order valence-corrected chi connectivity index (χ0v) is 13.0. The Hall–Kier alpha value is -0.160. The average molecular weight is 269 g/mol. The molecule has 0 aromatic heterocycles. The normalized spacial score (nSPS) is 27.0. The van der Waals surface area contributed by atoms with Gasteiger partial charge < -0.3 is 19.9 Å².